The maximum atomic E-state index is 6.22. The van der Waals surface area contributed by atoms with Gasteiger partial charge >= 0.3 is 0 Å². The van der Waals surface area contributed by atoms with Crippen LogP contribution in [-0.2, 0) is 4.74 Å². The molecule has 3 nitrogen and oxygen atoms in total. The van der Waals surface area contributed by atoms with Crippen LogP contribution in [0.5, 0.6) is 0 Å². The third-order valence-corrected chi connectivity index (χ3v) is 3.22. The zero-order valence-electron chi connectivity index (χ0n) is 9.31. The van der Waals surface area contributed by atoms with E-state index in [2.05, 4.69) is 18.0 Å². The highest BCUT2D eigenvalue weighted by atomic mass is 16.5. The van der Waals surface area contributed by atoms with E-state index in [-0.39, 0.29) is 12.1 Å². The Morgan fingerprint density at radius 2 is 2.33 bits per heavy atom. The Labute approximate surface area is 90.7 Å². The Morgan fingerprint density at radius 1 is 1.53 bits per heavy atom. The van der Waals surface area contributed by atoms with Gasteiger partial charge < -0.3 is 10.5 Å². The standard InChI is InChI=1S/C12H18N2O/c1-8-3-4-10(7-14-8)12(13)11-5-6-15-9(11)2/h3-4,7,9,11-12H,5-6,13H2,1-2H3. The Balaban J connectivity index is 2.13. The van der Waals surface area contributed by atoms with E-state index in [9.17, 15) is 0 Å². The second kappa shape index (κ2) is 4.29. The number of aryl methyl sites for hydroxylation is 1. The van der Waals surface area contributed by atoms with Crippen LogP contribution < -0.4 is 5.73 Å². The van der Waals surface area contributed by atoms with Gasteiger partial charge in [0.15, 0.2) is 0 Å². The molecular weight excluding hydrogens is 188 g/mol. The van der Waals surface area contributed by atoms with Gasteiger partial charge in [-0.2, -0.15) is 0 Å². The monoisotopic (exact) mass is 206 g/mol. The van der Waals surface area contributed by atoms with Gasteiger partial charge in [0.1, 0.15) is 0 Å². The molecule has 1 aromatic heterocycles. The fourth-order valence-corrected chi connectivity index (χ4v) is 2.14. The second-order valence-electron chi connectivity index (χ2n) is 4.29. The summed E-state index contributed by atoms with van der Waals surface area (Å²) in [7, 11) is 0. The molecule has 0 aliphatic carbocycles. The minimum atomic E-state index is 0.0515. The van der Waals surface area contributed by atoms with Crippen molar-refractivity contribution in [2.75, 3.05) is 6.61 Å². The van der Waals surface area contributed by atoms with Crippen molar-refractivity contribution < 1.29 is 4.74 Å². The van der Waals surface area contributed by atoms with E-state index in [0.717, 1.165) is 24.3 Å². The van der Waals surface area contributed by atoms with Crippen LogP contribution in [0.25, 0.3) is 0 Å². The Morgan fingerprint density at radius 3 is 2.87 bits per heavy atom. The minimum absolute atomic E-state index is 0.0515. The number of aromatic nitrogens is 1. The molecule has 82 valence electrons. The summed E-state index contributed by atoms with van der Waals surface area (Å²) in [5.74, 6) is 0.425. The van der Waals surface area contributed by atoms with Crippen LogP contribution in [0.3, 0.4) is 0 Å². The van der Waals surface area contributed by atoms with Crippen LogP contribution in [0.1, 0.15) is 30.6 Å². The summed E-state index contributed by atoms with van der Waals surface area (Å²) in [6.07, 6.45) is 3.20. The Bertz CT molecular complexity index is 323. The first-order valence-electron chi connectivity index (χ1n) is 5.48. The molecule has 0 bridgehead atoms. The number of hydrogen-bond acceptors (Lipinski definition) is 3. The van der Waals surface area contributed by atoms with Crippen molar-refractivity contribution in [3.05, 3.63) is 29.6 Å². The van der Waals surface area contributed by atoms with Gasteiger partial charge in [-0.1, -0.05) is 6.07 Å². The zero-order valence-corrected chi connectivity index (χ0v) is 9.31. The molecule has 1 aliphatic rings. The molecule has 0 spiro atoms. The lowest BCUT2D eigenvalue weighted by Gasteiger charge is -2.22. The molecule has 0 amide bonds. The third-order valence-electron chi connectivity index (χ3n) is 3.22. The van der Waals surface area contributed by atoms with Gasteiger partial charge in [0, 0.05) is 30.5 Å². The molecule has 1 saturated heterocycles. The Kier molecular flexibility index (Phi) is 3.03. The van der Waals surface area contributed by atoms with E-state index in [1.807, 2.05) is 19.2 Å². The molecule has 0 aromatic carbocycles. The molecule has 2 heterocycles. The van der Waals surface area contributed by atoms with Crippen LogP contribution in [-0.4, -0.2) is 17.7 Å². The average molecular weight is 206 g/mol. The zero-order chi connectivity index (χ0) is 10.8. The molecular formula is C12H18N2O. The number of rotatable bonds is 2. The molecule has 3 unspecified atom stereocenters. The highest BCUT2D eigenvalue weighted by molar-refractivity contribution is 5.18. The molecule has 3 heteroatoms. The number of nitrogens with two attached hydrogens (primary N) is 1. The third kappa shape index (κ3) is 2.19. The highest BCUT2D eigenvalue weighted by Gasteiger charge is 2.30. The van der Waals surface area contributed by atoms with Crippen LogP contribution in [0, 0.1) is 12.8 Å². The van der Waals surface area contributed by atoms with Crippen molar-refractivity contribution in [3.63, 3.8) is 0 Å². The summed E-state index contributed by atoms with van der Waals surface area (Å²) in [6.45, 7) is 4.91. The SMILES string of the molecule is Cc1ccc(C(N)C2CCOC2C)cn1. The van der Waals surface area contributed by atoms with Crippen molar-refractivity contribution in [2.45, 2.75) is 32.4 Å². The lowest BCUT2D eigenvalue weighted by molar-refractivity contribution is 0.0994. The largest absolute Gasteiger partial charge is 0.378 e. The van der Waals surface area contributed by atoms with Gasteiger partial charge in [-0.25, -0.2) is 0 Å². The van der Waals surface area contributed by atoms with Gasteiger partial charge in [0.05, 0.1) is 6.10 Å². The van der Waals surface area contributed by atoms with Crippen molar-refractivity contribution in [1.82, 2.24) is 4.98 Å². The van der Waals surface area contributed by atoms with Crippen LogP contribution in [0.2, 0.25) is 0 Å². The predicted octanol–water partition coefficient (Wildman–Crippen LogP) is 1.81. The minimum Gasteiger partial charge on any atom is -0.378 e. The topological polar surface area (TPSA) is 48.1 Å². The van der Waals surface area contributed by atoms with Gasteiger partial charge in [-0.3, -0.25) is 4.98 Å². The quantitative estimate of drug-likeness (QED) is 0.803. The van der Waals surface area contributed by atoms with Gasteiger partial charge in [0.2, 0.25) is 0 Å². The van der Waals surface area contributed by atoms with Crippen molar-refractivity contribution in [1.29, 1.82) is 0 Å². The van der Waals surface area contributed by atoms with E-state index in [0.29, 0.717) is 5.92 Å². The second-order valence-corrected chi connectivity index (χ2v) is 4.29. The highest BCUT2D eigenvalue weighted by Crippen LogP contribution is 2.31. The number of hydrogen-bond donors (Lipinski definition) is 1. The van der Waals surface area contributed by atoms with Gasteiger partial charge in [-0.15, -0.1) is 0 Å². The molecule has 1 aromatic rings. The van der Waals surface area contributed by atoms with E-state index < -0.39 is 0 Å². The maximum Gasteiger partial charge on any atom is 0.0594 e. The number of pyridine rings is 1. The first-order chi connectivity index (χ1) is 7.18. The average Bonchev–Trinajstić information content (AvgIpc) is 2.65. The number of ether oxygens (including phenoxy) is 1. The summed E-state index contributed by atoms with van der Waals surface area (Å²) in [5, 5.41) is 0. The molecule has 0 saturated carbocycles. The maximum absolute atomic E-state index is 6.22. The van der Waals surface area contributed by atoms with Crippen molar-refractivity contribution in [3.8, 4) is 0 Å². The lowest BCUT2D eigenvalue weighted by atomic mass is 9.90. The molecule has 15 heavy (non-hydrogen) atoms. The summed E-state index contributed by atoms with van der Waals surface area (Å²) in [5.41, 5.74) is 8.36. The summed E-state index contributed by atoms with van der Waals surface area (Å²) in [6, 6.07) is 4.13. The van der Waals surface area contributed by atoms with E-state index in [4.69, 9.17) is 10.5 Å². The van der Waals surface area contributed by atoms with Gasteiger partial charge in [-0.05, 0) is 31.9 Å². The van der Waals surface area contributed by atoms with Crippen LogP contribution >= 0.6 is 0 Å². The summed E-state index contributed by atoms with van der Waals surface area (Å²) < 4.78 is 5.53. The van der Waals surface area contributed by atoms with Crippen molar-refractivity contribution >= 4 is 0 Å². The van der Waals surface area contributed by atoms with E-state index in [1.54, 1.807) is 0 Å². The fourth-order valence-electron chi connectivity index (χ4n) is 2.14. The fraction of sp³-hybridized carbons (Fsp3) is 0.583. The molecule has 0 radical (unpaired) electrons. The first-order valence-corrected chi connectivity index (χ1v) is 5.48. The van der Waals surface area contributed by atoms with Crippen molar-refractivity contribution in [2.24, 2.45) is 11.7 Å². The molecule has 2 rings (SSSR count). The molecule has 1 fully saturated rings. The normalized spacial score (nSPS) is 27.9. The van der Waals surface area contributed by atoms with E-state index in [1.165, 1.54) is 0 Å². The number of nitrogens with zero attached hydrogens (tertiary/aromatic N) is 1. The molecule has 1 aliphatic heterocycles. The smallest absolute Gasteiger partial charge is 0.0594 e. The molecule has 2 N–H and O–H groups in total. The Hall–Kier alpha value is -0.930. The van der Waals surface area contributed by atoms with Gasteiger partial charge in [0.25, 0.3) is 0 Å². The van der Waals surface area contributed by atoms with Crippen LogP contribution in [0.4, 0.5) is 0 Å². The molecule has 3 atom stereocenters. The van der Waals surface area contributed by atoms with E-state index >= 15 is 0 Å². The summed E-state index contributed by atoms with van der Waals surface area (Å²) >= 11 is 0. The predicted molar refractivity (Wildman–Crippen MR) is 59.4 cm³/mol. The summed E-state index contributed by atoms with van der Waals surface area (Å²) in [4.78, 5) is 4.28. The first kappa shape index (κ1) is 10.6. The lowest BCUT2D eigenvalue weighted by Crippen LogP contribution is -2.26. The van der Waals surface area contributed by atoms with Crippen LogP contribution in [0.15, 0.2) is 18.3 Å².